The highest BCUT2D eigenvalue weighted by molar-refractivity contribution is 5.98. The number of nitrogens with one attached hydrogen (secondary N) is 4. The molecule has 6 rings (SSSR count). The number of carbonyl (C=O) groups is 7. The van der Waals surface area contributed by atoms with Crippen molar-refractivity contribution in [3.8, 4) is 0 Å². The molecule has 0 spiro atoms. The first-order valence-corrected chi connectivity index (χ1v) is 20.3. The molecule has 4 aliphatic heterocycles. The Balaban J connectivity index is 1.31. The fraction of sp³-hybridized carbons (Fsp3) is 0.548. The van der Waals surface area contributed by atoms with E-state index in [9.17, 15) is 33.6 Å². The van der Waals surface area contributed by atoms with Crippen LogP contribution < -0.4 is 21.3 Å². The van der Waals surface area contributed by atoms with Crippen LogP contribution >= 0.6 is 0 Å². The Morgan fingerprint density at radius 3 is 2.19 bits per heavy atom. The van der Waals surface area contributed by atoms with Gasteiger partial charge in [0.25, 0.3) is 0 Å². The predicted molar refractivity (Wildman–Crippen MR) is 210 cm³/mol. The normalized spacial score (nSPS) is 27.8. The average Bonchev–Trinajstić information content (AvgIpc) is 3.86. The van der Waals surface area contributed by atoms with Crippen molar-refractivity contribution in [2.24, 2.45) is 5.92 Å². The topological polar surface area (TPSA) is 187 Å². The molecule has 306 valence electrons. The summed E-state index contributed by atoms with van der Waals surface area (Å²) >= 11 is 0. The summed E-state index contributed by atoms with van der Waals surface area (Å²) in [6.45, 7) is 7.78. The van der Waals surface area contributed by atoms with Gasteiger partial charge in [0.1, 0.15) is 42.4 Å². The fourth-order valence-corrected chi connectivity index (χ4v) is 8.43. The Morgan fingerprint density at radius 1 is 0.789 bits per heavy atom. The summed E-state index contributed by atoms with van der Waals surface area (Å²) in [5, 5.41) is 11.1. The van der Waals surface area contributed by atoms with E-state index in [0.717, 1.165) is 17.5 Å². The maximum Gasteiger partial charge on any atom is 0.329 e. The summed E-state index contributed by atoms with van der Waals surface area (Å²) in [5.41, 5.74) is 2.36. The van der Waals surface area contributed by atoms with Crippen molar-refractivity contribution in [2.45, 2.75) is 121 Å². The molecule has 0 aromatic heterocycles. The van der Waals surface area contributed by atoms with E-state index in [4.69, 9.17) is 4.74 Å². The van der Waals surface area contributed by atoms with Crippen molar-refractivity contribution >= 4 is 47.2 Å². The van der Waals surface area contributed by atoms with E-state index in [2.05, 4.69) is 21.3 Å². The number of amides is 7. The van der Waals surface area contributed by atoms with Crippen LogP contribution in [0.2, 0.25) is 0 Å². The van der Waals surface area contributed by atoms with Gasteiger partial charge in [-0.3, -0.25) is 24.0 Å². The minimum Gasteiger partial charge on any atom is -0.458 e. The number of carbonyl (C=O) groups excluding carboxylic acids is 7. The van der Waals surface area contributed by atoms with Gasteiger partial charge in [0.15, 0.2) is 0 Å². The second kappa shape index (κ2) is 18.2. The summed E-state index contributed by atoms with van der Waals surface area (Å²) in [6, 6.07) is 9.43. The third-order valence-electron chi connectivity index (χ3n) is 11.6. The lowest BCUT2D eigenvalue weighted by Gasteiger charge is -2.39. The highest BCUT2D eigenvalue weighted by Gasteiger charge is 2.47. The number of nitrogens with zero attached hydrogens (tertiary/aromatic N) is 3. The standard InChI is InChI=1S/C42H55N7O8/c1-5-28-16-18-30(19-17-28)44-42(56)45-31(23-29-12-7-6-8-13-29)36(50)46-35-27(4)57-41(55)34-22-25(2)24-49(34)38(52)26(3)43-37(51)32-14-9-10-20-47(32)39(53)33-15-11-21-48(33)40(35)54/h6-8,12-13,16-19,25-27,31-35H,5,9-11,14-15,20-24H2,1-4H3,(H,43,51)(H,46,50)(H2,44,45,56). The molecular weight excluding hydrogens is 731 g/mol. The highest BCUT2D eigenvalue weighted by atomic mass is 16.5. The van der Waals surface area contributed by atoms with Gasteiger partial charge in [-0.05, 0) is 88.0 Å². The van der Waals surface area contributed by atoms with Crippen LogP contribution in [0.3, 0.4) is 0 Å². The number of aryl methyl sites for hydroxylation is 1. The second-order valence-electron chi connectivity index (χ2n) is 15.8. The van der Waals surface area contributed by atoms with E-state index < -0.39 is 78.0 Å². The van der Waals surface area contributed by atoms with Crippen LogP contribution in [0.15, 0.2) is 54.6 Å². The van der Waals surface area contributed by atoms with Crippen LogP contribution in [-0.2, 0) is 46.3 Å². The van der Waals surface area contributed by atoms with E-state index >= 15 is 0 Å². The number of ether oxygens (including phenoxy) is 1. The molecule has 0 radical (unpaired) electrons. The molecule has 2 aromatic carbocycles. The zero-order valence-corrected chi connectivity index (χ0v) is 33.2. The van der Waals surface area contributed by atoms with Crippen molar-refractivity contribution in [3.05, 3.63) is 65.7 Å². The highest BCUT2D eigenvalue weighted by Crippen LogP contribution is 2.29. The van der Waals surface area contributed by atoms with E-state index in [-0.39, 0.29) is 31.3 Å². The monoisotopic (exact) mass is 785 g/mol. The summed E-state index contributed by atoms with van der Waals surface area (Å²) in [4.78, 5) is 103. The SMILES string of the molecule is CCc1ccc(NC(=O)NC(Cc2ccccc2)C(=O)NC2C(=O)N3CCCC3C(=O)N3CCCCC3C(=O)NC(C)C(=O)N3CC(C)CC3C(=O)OC2C)cc1. The molecule has 4 aliphatic rings. The molecule has 15 heteroatoms. The average molecular weight is 786 g/mol. The molecule has 0 bridgehead atoms. The molecule has 8 atom stereocenters. The van der Waals surface area contributed by atoms with E-state index in [1.54, 1.807) is 19.1 Å². The first kappa shape index (κ1) is 41.2. The third-order valence-corrected chi connectivity index (χ3v) is 11.6. The quantitative estimate of drug-likeness (QED) is 0.309. The molecule has 4 N–H and O–H groups in total. The van der Waals surface area contributed by atoms with Crippen molar-refractivity contribution in [1.29, 1.82) is 0 Å². The van der Waals surface area contributed by atoms with Crippen molar-refractivity contribution < 1.29 is 38.3 Å². The summed E-state index contributed by atoms with van der Waals surface area (Å²) < 4.78 is 5.96. The number of fused-ring (bicyclic) bond motifs is 3. The molecule has 0 saturated carbocycles. The number of urea groups is 1. The van der Waals surface area contributed by atoms with Gasteiger partial charge >= 0.3 is 12.0 Å². The fourth-order valence-electron chi connectivity index (χ4n) is 8.43. The van der Waals surface area contributed by atoms with Gasteiger partial charge in [0.2, 0.25) is 29.5 Å². The number of cyclic esters (lactones) is 1. The lowest BCUT2D eigenvalue weighted by molar-refractivity contribution is -0.163. The van der Waals surface area contributed by atoms with E-state index in [1.807, 2.05) is 56.3 Å². The molecule has 2 aromatic rings. The number of rotatable bonds is 7. The number of piperidine rings is 1. The molecule has 57 heavy (non-hydrogen) atoms. The maximum absolute atomic E-state index is 14.7. The molecule has 4 saturated heterocycles. The van der Waals surface area contributed by atoms with Crippen LogP contribution in [-0.4, -0.2) is 118 Å². The molecule has 8 unspecified atom stereocenters. The van der Waals surface area contributed by atoms with Gasteiger partial charge in [0.05, 0.1) is 0 Å². The Hall–Kier alpha value is -5.47. The van der Waals surface area contributed by atoms with Gasteiger partial charge in [-0.2, -0.15) is 0 Å². The van der Waals surface area contributed by atoms with Gasteiger partial charge in [-0.15, -0.1) is 0 Å². The van der Waals surface area contributed by atoms with Gasteiger partial charge in [0, 0.05) is 31.7 Å². The van der Waals surface area contributed by atoms with Crippen molar-refractivity contribution in [3.63, 3.8) is 0 Å². The summed E-state index contributed by atoms with van der Waals surface area (Å²) in [6.07, 6.45) is 2.60. The number of hydrogen-bond donors (Lipinski definition) is 4. The second-order valence-corrected chi connectivity index (χ2v) is 15.8. The smallest absolute Gasteiger partial charge is 0.329 e. The van der Waals surface area contributed by atoms with Crippen LogP contribution in [0.5, 0.6) is 0 Å². The number of anilines is 1. The van der Waals surface area contributed by atoms with Crippen molar-refractivity contribution in [1.82, 2.24) is 30.7 Å². The summed E-state index contributed by atoms with van der Waals surface area (Å²) in [5.74, 6) is -3.46. The minimum atomic E-state index is -1.46. The van der Waals surface area contributed by atoms with Crippen LogP contribution in [0.25, 0.3) is 0 Å². The molecule has 4 fully saturated rings. The third kappa shape index (κ3) is 9.57. The zero-order valence-electron chi connectivity index (χ0n) is 33.2. The zero-order chi connectivity index (χ0) is 40.8. The van der Waals surface area contributed by atoms with Gasteiger partial charge in [-0.1, -0.05) is 56.3 Å². The molecule has 15 nitrogen and oxygen atoms in total. The largest absolute Gasteiger partial charge is 0.458 e. The number of hydrogen-bond acceptors (Lipinski definition) is 8. The molecule has 7 amide bonds. The van der Waals surface area contributed by atoms with Gasteiger partial charge in [-0.25, -0.2) is 9.59 Å². The Bertz CT molecular complexity index is 1820. The lowest BCUT2D eigenvalue weighted by atomic mass is 9.99. The molecular formula is C42H55N7O8. The molecule has 0 aliphatic carbocycles. The first-order valence-electron chi connectivity index (χ1n) is 20.3. The summed E-state index contributed by atoms with van der Waals surface area (Å²) in [7, 11) is 0. The lowest BCUT2D eigenvalue weighted by Crippen LogP contribution is -2.63. The maximum atomic E-state index is 14.7. The minimum absolute atomic E-state index is 0.0544. The van der Waals surface area contributed by atoms with Crippen molar-refractivity contribution in [2.75, 3.05) is 25.0 Å². The number of benzene rings is 2. The Kier molecular flexibility index (Phi) is 13.1. The van der Waals surface area contributed by atoms with Crippen LogP contribution in [0.1, 0.15) is 77.3 Å². The Morgan fingerprint density at radius 2 is 1.47 bits per heavy atom. The van der Waals surface area contributed by atoms with E-state index in [1.165, 1.54) is 21.6 Å². The van der Waals surface area contributed by atoms with Gasteiger partial charge < -0.3 is 40.7 Å². The molecule has 4 heterocycles. The van der Waals surface area contributed by atoms with Crippen LogP contribution in [0, 0.1) is 5.92 Å². The Labute approximate surface area is 333 Å². The predicted octanol–water partition coefficient (Wildman–Crippen LogP) is 2.53. The number of esters is 1. The first-order chi connectivity index (χ1) is 27.3. The van der Waals surface area contributed by atoms with Crippen LogP contribution in [0.4, 0.5) is 10.5 Å². The van der Waals surface area contributed by atoms with E-state index in [0.29, 0.717) is 50.8 Å².